The lowest BCUT2D eigenvalue weighted by Gasteiger charge is -2.26. The molecule has 0 unspecified atom stereocenters. The highest BCUT2D eigenvalue weighted by Crippen LogP contribution is 2.38. The predicted molar refractivity (Wildman–Crippen MR) is 156 cm³/mol. The lowest BCUT2D eigenvalue weighted by molar-refractivity contribution is 0.0920. The molecular weight excluding hydrogens is 522 g/mol. The van der Waals surface area contributed by atoms with Crippen molar-refractivity contribution in [3.63, 3.8) is 0 Å². The zero-order valence-corrected chi connectivity index (χ0v) is 23.3. The molecule has 1 aliphatic rings. The Morgan fingerprint density at radius 3 is 2.67 bits per heavy atom. The lowest BCUT2D eigenvalue weighted by Crippen LogP contribution is -2.30. The van der Waals surface area contributed by atoms with Crippen LogP contribution in [-0.2, 0) is 18.7 Å². The quantitative estimate of drug-likeness (QED) is 0.233. The first kappa shape index (κ1) is 27.7. The number of aliphatic hydroxyl groups is 1. The van der Waals surface area contributed by atoms with Gasteiger partial charge < -0.3 is 19.7 Å². The summed E-state index contributed by atoms with van der Waals surface area (Å²) in [4.78, 5) is 30.7. The number of hydrogen-bond acceptors (Lipinski definition) is 6. The number of amides is 1. The summed E-state index contributed by atoms with van der Waals surface area (Å²) in [6, 6.07) is 21.4. The number of hydrogen-bond donors (Lipinski definition) is 2. The van der Waals surface area contributed by atoms with Gasteiger partial charge in [-0.3, -0.25) is 9.59 Å². The Kier molecular flexibility index (Phi) is 8.98. The number of ether oxygens (including phenoxy) is 1. The fraction of sp³-hybridized carbons (Fsp3) is 0.281. The molecule has 0 saturated carbocycles. The van der Waals surface area contributed by atoms with Crippen molar-refractivity contribution in [2.45, 2.75) is 55.6 Å². The maximum atomic E-state index is 12.9. The molecule has 0 bridgehead atoms. The lowest BCUT2D eigenvalue weighted by atomic mass is 9.87. The molecule has 1 aliphatic carbocycles. The third-order valence-corrected chi connectivity index (χ3v) is 8.06. The van der Waals surface area contributed by atoms with Gasteiger partial charge in [0.15, 0.2) is 5.78 Å². The van der Waals surface area contributed by atoms with E-state index in [4.69, 9.17) is 4.74 Å². The van der Waals surface area contributed by atoms with E-state index in [1.165, 1.54) is 0 Å². The average molecular weight is 556 g/mol. The van der Waals surface area contributed by atoms with Crippen LogP contribution in [0.2, 0.25) is 0 Å². The number of nitrogens with zero attached hydrogens (tertiary/aromatic N) is 2. The summed E-state index contributed by atoms with van der Waals surface area (Å²) in [7, 11) is 0. The van der Waals surface area contributed by atoms with Crippen LogP contribution >= 0.6 is 11.8 Å². The van der Waals surface area contributed by atoms with Crippen LogP contribution in [0.5, 0.6) is 5.75 Å². The van der Waals surface area contributed by atoms with Gasteiger partial charge >= 0.3 is 0 Å². The van der Waals surface area contributed by atoms with Gasteiger partial charge in [-0.05, 0) is 55.2 Å². The number of aromatic nitrogens is 2. The molecule has 1 heterocycles. The minimum atomic E-state index is -0.628. The summed E-state index contributed by atoms with van der Waals surface area (Å²) >= 11 is 1.55. The highest BCUT2D eigenvalue weighted by molar-refractivity contribution is 7.98. The number of carbonyl (C=O) groups is 2. The second-order valence-corrected chi connectivity index (χ2v) is 11.0. The molecule has 2 atom stereocenters. The summed E-state index contributed by atoms with van der Waals surface area (Å²) in [6.07, 6.45) is 6.72. The van der Waals surface area contributed by atoms with E-state index in [-0.39, 0.29) is 24.3 Å². The van der Waals surface area contributed by atoms with Crippen molar-refractivity contribution >= 4 is 23.5 Å². The monoisotopic (exact) mass is 555 g/mol. The van der Waals surface area contributed by atoms with Crippen LogP contribution in [0.1, 0.15) is 63.3 Å². The number of aliphatic hydroxyl groups excluding tert-OH is 1. The first-order chi connectivity index (χ1) is 19.5. The topological polar surface area (TPSA) is 93.4 Å². The molecule has 40 heavy (non-hydrogen) atoms. The number of nitrogens with one attached hydrogen (secondary N) is 1. The van der Waals surface area contributed by atoms with Crippen LogP contribution < -0.4 is 10.1 Å². The minimum absolute atomic E-state index is 0.162. The molecule has 0 spiro atoms. The van der Waals surface area contributed by atoms with Crippen LogP contribution in [0, 0.1) is 0 Å². The van der Waals surface area contributed by atoms with Crippen LogP contribution in [0.25, 0.3) is 0 Å². The molecule has 1 aromatic heterocycles. The maximum Gasteiger partial charge on any atom is 0.252 e. The Labute approximate surface area is 238 Å². The Morgan fingerprint density at radius 2 is 1.90 bits per heavy atom. The fourth-order valence-corrected chi connectivity index (χ4v) is 6.04. The molecule has 0 radical (unpaired) electrons. The number of imidazole rings is 1. The molecule has 1 amide bonds. The predicted octanol–water partition coefficient (Wildman–Crippen LogP) is 5.63. The number of rotatable bonds is 11. The van der Waals surface area contributed by atoms with Gasteiger partial charge in [-0.15, -0.1) is 11.8 Å². The van der Waals surface area contributed by atoms with E-state index < -0.39 is 6.10 Å². The minimum Gasteiger partial charge on any atom is -0.484 e. The van der Waals surface area contributed by atoms with Gasteiger partial charge in [0.25, 0.3) is 5.91 Å². The third kappa shape index (κ3) is 6.63. The average Bonchev–Trinajstić information content (AvgIpc) is 3.49. The normalized spacial score (nSPS) is 14.3. The molecule has 3 aromatic carbocycles. The Hall–Kier alpha value is -3.88. The second kappa shape index (κ2) is 13.0. The number of benzene rings is 3. The van der Waals surface area contributed by atoms with Crippen molar-refractivity contribution in [3.05, 3.63) is 113 Å². The van der Waals surface area contributed by atoms with Gasteiger partial charge in [-0.1, -0.05) is 42.5 Å². The van der Waals surface area contributed by atoms with Gasteiger partial charge in [-0.25, -0.2) is 4.98 Å². The maximum absolute atomic E-state index is 12.9. The molecule has 0 fully saturated rings. The first-order valence-electron chi connectivity index (χ1n) is 13.5. The molecule has 8 heteroatoms. The van der Waals surface area contributed by atoms with Gasteiger partial charge in [0.1, 0.15) is 11.9 Å². The molecule has 7 nitrogen and oxygen atoms in total. The molecule has 0 aliphatic heterocycles. The van der Waals surface area contributed by atoms with E-state index >= 15 is 0 Å². The SMILES string of the molecule is C[C@@H](O)CNC(=O)c1ccccc1SCc1c(O[C@H](Cn2ccnc2)c2ccccc2)ccc2c1CCCC2=O. The van der Waals surface area contributed by atoms with Crippen molar-refractivity contribution in [2.75, 3.05) is 6.54 Å². The first-order valence-corrected chi connectivity index (χ1v) is 14.5. The van der Waals surface area contributed by atoms with E-state index in [0.717, 1.165) is 45.7 Å². The summed E-state index contributed by atoms with van der Waals surface area (Å²) in [5, 5.41) is 12.4. The largest absolute Gasteiger partial charge is 0.484 e. The van der Waals surface area contributed by atoms with Crippen LogP contribution in [0.4, 0.5) is 0 Å². The van der Waals surface area contributed by atoms with Gasteiger partial charge in [-0.2, -0.15) is 0 Å². The van der Waals surface area contributed by atoms with E-state index in [1.807, 2.05) is 59.3 Å². The number of ketones is 1. The van der Waals surface area contributed by atoms with E-state index in [0.29, 0.717) is 24.3 Å². The van der Waals surface area contributed by atoms with Crippen LogP contribution in [-0.4, -0.2) is 39.0 Å². The second-order valence-electron chi connectivity index (χ2n) is 9.97. The molecule has 206 valence electrons. The van der Waals surface area contributed by atoms with Crippen LogP contribution in [0.3, 0.4) is 0 Å². The number of Topliss-reactive ketones (excluding diaryl/α,β-unsaturated/α-hetero) is 1. The Balaban J connectivity index is 1.47. The summed E-state index contributed by atoms with van der Waals surface area (Å²) in [5.41, 5.74) is 4.39. The van der Waals surface area contributed by atoms with Gasteiger partial charge in [0.05, 0.1) is 24.5 Å². The van der Waals surface area contributed by atoms with E-state index in [2.05, 4.69) is 22.4 Å². The Morgan fingerprint density at radius 1 is 1.10 bits per heavy atom. The standard InChI is InChI=1S/C32H33N3O4S/c1-22(36)18-34-32(38)26-10-5-6-13-31(26)40-20-27-24-11-7-12-28(37)25(24)14-15-29(27)39-30(19-35-17-16-33-21-35)23-8-3-2-4-9-23/h2-6,8-10,13-17,21-22,30,36H,7,11-12,18-20H2,1H3,(H,34,38)/t22-,30-/m1/s1. The molecule has 4 aromatic rings. The number of carbonyl (C=O) groups excluding carboxylic acids is 2. The number of fused-ring (bicyclic) bond motifs is 1. The molecular formula is C32H33N3O4S. The van der Waals surface area contributed by atoms with Gasteiger partial charge in [0.2, 0.25) is 0 Å². The van der Waals surface area contributed by atoms with E-state index in [1.54, 1.807) is 37.3 Å². The summed E-state index contributed by atoms with van der Waals surface area (Å²) < 4.78 is 8.75. The van der Waals surface area contributed by atoms with Gasteiger partial charge in [0, 0.05) is 47.1 Å². The van der Waals surface area contributed by atoms with Crippen molar-refractivity contribution in [2.24, 2.45) is 0 Å². The Bertz CT molecular complexity index is 1450. The molecule has 5 rings (SSSR count). The van der Waals surface area contributed by atoms with Crippen molar-refractivity contribution < 1.29 is 19.4 Å². The molecule has 2 N–H and O–H groups in total. The smallest absolute Gasteiger partial charge is 0.252 e. The van der Waals surface area contributed by atoms with Crippen LogP contribution in [0.15, 0.2) is 90.3 Å². The molecule has 0 saturated heterocycles. The zero-order valence-electron chi connectivity index (χ0n) is 22.5. The van der Waals surface area contributed by atoms with E-state index in [9.17, 15) is 14.7 Å². The highest BCUT2D eigenvalue weighted by atomic mass is 32.2. The summed E-state index contributed by atoms with van der Waals surface area (Å²) in [6.45, 7) is 2.40. The zero-order chi connectivity index (χ0) is 27.9. The van der Waals surface area contributed by atoms with Crippen molar-refractivity contribution in [1.82, 2.24) is 14.9 Å². The highest BCUT2D eigenvalue weighted by Gasteiger charge is 2.25. The van der Waals surface area contributed by atoms with Crippen molar-refractivity contribution in [3.8, 4) is 5.75 Å². The third-order valence-electron chi connectivity index (χ3n) is 6.96. The van der Waals surface area contributed by atoms with Crippen molar-refractivity contribution in [1.29, 1.82) is 0 Å². The fourth-order valence-electron chi connectivity index (χ4n) is 4.93. The summed E-state index contributed by atoms with van der Waals surface area (Å²) in [5.74, 6) is 1.22. The number of thioether (sulfide) groups is 1.